The number of nitrogens with one attached hydrogen (secondary N) is 1. The molecule has 1 radical (unpaired) electrons. The summed E-state index contributed by atoms with van der Waals surface area (Å²) in [4.78, 5) is 0. The number of benzene rings is 1. The summed E-state index contributed by atoms with van der Waals surface area (Å²) in [5.41, 5.74) is 3.43. The number of hydrogen-bond acceptors (Lipinski definition) is 2. The summed E-state index contributed by atoms with van der Waals surface area (Å²) in [7, 11) is 2.38. The van der Waals surface area contributed by atoms with Gasteiger partial charge in [0, 0.05) is 32.7 Å². The minimum atomic E-state index is 0. The Morgan fingerprint density at radius 3 is 3.10 bits per heavy atom. The third-order valence-electron chi connectivity index (χ3n) is 5.74. The van der Waals surface area contributed by atoms with E-state index in [4.69, 9.17) is 4.52 Å². The minimum Gasteiger partial charge on any atom is -0.480 e. The van der Waals surface area contributed by atoms with Gasteiger partial charge in [0.05, 0.1) is 9.47 Å². The van der Waals surface area contributed by atoms with Gasteiger partial charge in [-0.3, -0.25) is 5.92 Å². The number of hydrogen-bond donors (Lipinski definition) is 1. The molecule has 2 nitrogen and oxygen atoms in total. The SMILES string of the molecule is CC1CC[C-]2[C@H]3Cc4ccc(OP)cc4[C@@]2(CCN3)C1.[Y]. The minimum absolute atomic E-state index is 0. The van der Waals surface area contributed by atoms with E-state index in [0.29, 0.717) is 11.5 Å². The molecule has 1 heterocycles. The van der Waals surface area contributed by atoms with Crippen molar-refractivity contribution in [3.8, 4) is 5.75 Å². The Kier molecular flexibility index (Phi) is 4.83. The first-order valence-electron chi connectivity index (χ1n) is 7.83. The van der Waals surface area contributed by atoms with Gasteiger partial charge < -0.3 is 9.84 Å². The van der Waals surface area contributed by atoms with Crippen molar-refractivity contribution in [3.63, 3.8) is 0 Å². The molecule has 1 aliphatic heterocycles. The third-order valence-corrected chi connectivity index (χ3v) is 6.01. The fourth-order valence-electron chi connectivity index (χ4n) is 4.91. The molecule has 21 heavy (non-hydrogen) atoms. The van der Waals surface area contributed by atoms with E-state index in [1.54, 1.807) is 11.5 Å². The smallest absolute Gasteiger partial charge is 0.122 e. The molecule has 4 rings (SSSR count). The molecule has 0 spiro atoms. The Balaban J connectivity index is 0.00000132. The summed E-state index contributed by atoms with van der Waals surface area (Å²) in [6, 6.07) is 7.32. The van der Waals surface area contributed by atoms with Crippen molar-refractivity contribution in [3.05, 3.63) is 35.2 Å². The Hall–Kier alpha value is 0.514. The summed E-state index contributed by atoms with van der Waals surface area (Å²) >= 11 is 0. The molecule has 0 amide bonds. The van der Waals surface area contributed by atoms with Crippen LogP contribution in [0.4, 0.5) is 0 Å². The quantitative estimate of drug-likeness (QED) is 0.599. The summed E-state index contributed by atoms with van der Waals surface area (Å²) in [5.74, 6) is 3.61. The van der Waals surface area contributed by atoms with Crippen LogP contribution in [0.25, 0.3) is 0 Å². The van der Waals surface area contributed by atoms with E-state index in [2.05, 4.69) is 39.9 Å². The van der Waals surface area contributed by atoms with Crippen LogP contribution < -0.4 is 9.84 Å². The first-order valence-corrected chi connectivity index (χ1v) is 8.30. The first kappa shape index (κ1) is 16.4. The van der Waals surface area contributed by atoms with Crippen LogP contribution in [-0.2, 0) is 44.5 Å². The molecule has 1 aromatic rings. The molecule has 1 N–H and O–H groups in total. The standard InChI is InChI=1S/C17H23NOP.Y/c1-11-2-5-14-16-8-12-3-4-13(19-20)9-15(12)17(14,10-11)6-7-18-16;/h3-4,9,11,16,18H,2,5-8,10,20H2,1H3;/q-1;/t11?,16-,17+;/m1./s1. The zero-order valence-corrected chi connectivity index (χ0v) is 16.7. The molecule has 2 fully saturated rings. The van der Waals surface area contributed by atoms with Gasteiger partial charge in [-0.2, -0.15) is 6.42 Å². The van der Waals surface area contributed by atoms with Crippen LogP contribution in [0.3, 0.4) is 0 Å². The molecule has 4 heteroatoms. The summed E-state index contributed by atoms with van der Waals surface area (Å²) in [6.07, 6.45) is 6.43. The molecule has 2 bridgehead atoms. The van der Waals surface area contributed by atoms with Gasteiger partial charge in [-0.1, -0.05) is 37.8 Å². The van der Waals surface area contributed by atoms with Crippen molar-refractivity contribution in [1.82, 2.24) is 5.32 Å². The average Bonchev–Trinajstić information content (AvgIpc) is 2.46. The van der Waals surface area contributed by atoms with E-state index in [1.807, 2.05) is 0 Å². The van der Waals surface area contributed by atoms with Crippen molar-refractivity contribution >= 4 is 9.47 Å². The molecule has 0 aromatic heterocycles. The molecule has 3 aliphatic rings. The van der Waals surface area contributed by atoms with E-state index in [9.17, 15) is 0 Å². The largest absolute Gasteiger partial charge is 0.480 e. The van der Waals surface area contributed by atoms with Crippen molar-refractivity contribution in [2.45, 2.75) is 50.5 Å². The summed E-state index contributed by atoms with van der Waals surface area (Å²) in [6.45, 7) is 3.58. The van der Waals surface area contributed by atoms with Gasteiger partial charge in [-0.15, -0.1) is 11.5 Å². The number of fused-ring (bicyclic) bond motifs is 1. The van der Waals surface area contributed by atoms with Crippen LogP contribution in [0.5, 0.6) is 5.75 Å². The number of rotatable bonds is 1. The molecule has 2 aliphatic carbocycles. The van der Waals surface area contributed by atoms with Crippen LogP contribution in [-0.4, -0.2) is 12.6 Å². The van der Waals surface area contributed by atoms with E-state index >= 15 is 0 Å². The normalized spacial score (nSPS) is 34.4. The topological polar surface area (TPSA) is 21.3 Å². The van der Waals surface area contributed by atoms with E-state index < -0.39 is 0 Å². The van der Waals surface area contributed by atoms with Crippen molar-refractivity contribution in [2.24, 2.45) is 5.92 Å². The van der Waals surface area contributed by atoms with E-state index in [0.717, 1.165) is 24.6 Å². The van der Waals surface area contributed by atoms with Crippen LogP contribution in [0.1, 0.15) is 43.7 Å². The first-order chi connectivity index (χ1) is 9.73. The molecule has 1 aromatic carbocycles. The van der Waals surface area contributed by atoms with Crippen LogP contribution in [0.15, 0.2) is 18.2 Å². The van der Waals surface area contributed by atoms with Crippen molar-refractivity contribution in [2.75, 3.05) is 6.54 Å². The molecular weight excluding hydrogens is 354 g/mol. The van der Waals surface area contributed by atoms with E-state index in [-0.39, 0.29) is 32.7 Å². The van der Waals surface area contributed by atoms with Gasteiger partial charge in [0.25, 0.3) is 0 Å². The van der Waals surface area contributed by atoms with E-state index in [1.165, 1.54) is 31.2 Å². The molecule has 2 unspecified atom stereocenters. The Morgan fingerprint density at radius 1 is 1.43 bits per heavy atom. The molecule has 111 valence electrons. The maximum atomic E-state index is 5.41. The Bertz CT molecular complexity index is 538. The third kappa shape index (κ3) is 2.55. The van der Waals surface area contributed by atoms with Gasteiger partial charge in [0.2, 0.25) is 0 Å². The predicted molar refractivity (Wildman–Crippen MR) is 84.8 cm³/mol. The van der Waals surface area contributed by atoms with Gasteiger partial charge in [-0.05, 0) is 36.6 Å². The van der Waals surface area contributed by atoms with Crippen LogP contribution in [0.2, 0.25) is 0 Å². The molecule has 1 saturated heterocycles. The van der Waals surface area contributed by atoms with Gasteiger partial charge in [0.1, 0.15) is 5.75 Å². The molecule has 4 atom stereocenters. The zero-order chi connectivity index (χ0) is 13.7. The molecule has 1 saturated carbocycles. The van der Waals surface area contributed by atoms with Crippen LogP contribution in [0, 0.1) is 11.8 Å². The van der Waals surface area contributed by atoms with Gasteiger partial charge in [0.15, 0.2) is 0 Å². The zero-order valence-electron chi connectivity index (χ0n) is 12.7. The fraction of sp³-hybridized carbons (Fsp3) is 0.588. The van der Waals surface area contributed by atoms with Crippen LogP contribution >= 0.6 is 9.47 Å². The second-order valence-electron chi connectivity index (χ2n) is 6.85. The summed E-state index contributed by atoms with van der Waals surface area (Å²) in [5, 5.41) is 3.76. The second-order valence-corrected chi connectivity index (χ2v) is 7.09. The Labute approximate surface area is 155 Å². The van der Waals surface area contributed by atoms with Crippen molar-refractivity contribution in [1.29, 1.82) is 0 Å². The second kappa shape index (κ2) is 6.19. The monoisotopic (exact) mass is 377 g/mol. The summed E-state index contributed by atoms with van der Waals surface area (Å²) < 4.78 is 5.41. The van der Waals surface area contributed by atoms with Gasteiger partial charge >= 0.3 is 0 Å². The maximum absolute atomic E-state index is 5.41. The Morgan fingerprint density at radius 2 is 2.29 bits per heavy atom. The predicted octanol–water partition coefficient (Wildman–Crippen LogP) is 3.40. The maximum Gasteiger partial charge on any atom is 0.122 e. The van der Waals surface area contributed by atoms with Gasteiger partial charge in [-0.25, -0.2) is 0 Å². The molecular formula is C17H23NOPY-. The average molecular weight is 377 g/mol. The van der Waals surface area contributed by atoms with Crippen molar-refractivity contribution < 1.29 is 37.2 Å². The fourth-order valence-corrected chi connectivity index (χ4v) is 5.05. The number of piperidine rings is 1.